The smallest absolute Gasteiger partial charge is 0.210 e. The molecular weight excluding hydrogens is 320 g/mol. The molecule has 1 aliphatic rings. The molecule has 1 unspecified atom stereocenters. The van der Waals surface area contributed by atoms with E-state index in [4.69, 9.17) is 0 Å². The SMILES string of the molecule is OC1(O)C=CC(c2cccc(-c3ccccc3)c2)C=C1c1ccccc1. The van der Waals surface area contributed by atoms with Crippen LogP contribution in [0.25, 0.3) is 16.7 Å². The van der Waals surface area contributed by atoms with Gasteiger partial charge in [-0.05, 0) is 28.3 Å². The van der Waals surface area contributed by atoms with E-state index in [1.54, 1.807) is 0 Å². The van der Waals surface area contributed by atoms with Gasteiger partial charge in [-0.3, -0.25) is 0 Å². The van der Waals surface area contributed by atoms with E-state index in [0.717, 1.165) is 16.7 Å². The van der Waals surface area contributed by atoms with Crippen molar-refractivity contribution >= 4 is 5.57 Å². The van der Waals surface area contributed by atoms with Crippen molar-refractivity contribution in [2.75, 3.05) is 0 Å². The van der Waals surface area contributed by atoms with Crippen molar-refractivity contribution in [2.24, 2.45) is 0 Å². The fourth-order valence-electron chi connectivity index (χ4n) is 3.38. The summed E-state index contributed by atoms with van der Waals surface area (Å²) in [7, 11) is 0. The Morgan fingerprint density at radius 1 is 0.654 bits per heavy atom. The first kappa shape index (κ1) is 16.5. The Morgan fingerprint density at radius 3 is 1.96 bits per heavy atom. The number of rotatable bonds is 3. The molecule has 3 aromatic carbocycles. The highest BCUT2D eigenvalue weighted by molar-refractivity contribution is 5.75. The number of benzene rings is 3. The Labute approximate surface area is 153 Å². The van der Waals surface area contributed by atoms with E-state index in [2.05, 4.69) is 30.3 Å². The lowest BCUT2D eigenvalue weighted by Crippen LogP contribution is -2.29. The Morgan fingerprint density at radius 2 is 1.27 bits per heavy atom. The molecule has 3 aromatic rings. The standard InChI is InChI=1S/C24H20O2/c25-24(26)15-14-22(17-23(24)19-10-5-2-6-11-19)21-13-7-12-20(16-21)18-8-3-1-4-9-18/h1-17,22,25-26H. The van der Waals surface area contributed by atoms with E-state index in [-0.39, 0.29) is 5.92 Å². The number of hydrogen-bond acceptors (Lipinski definition) is 2. The topological polar surface area (TPSA) is 40.5 Å². The Hall–Kier alpha value is -2.94. The van der Waals surface area contributed by atoms with E-state index in [0.29, 0.717) is 5.57 Å². The van der Waals surface area contributed by atoms with Crippen LogP contribution in [0, 0.1) is 0 Å². The first-order chi connectivity index (χ1) is 12.6. The van der Waals surface area contributed by atoms with Gasteiger partial charge in [-0.25, -0.2) is 0 Å². The van der Waals surface area contributed by atoms with Gasteiger partial charge in [0.05, 0.1) is 0 Å². The maximum Gasteiger partial charge on any atom is 0.210 e. The average molecular weight is 340 g/mol. The molecule has 4 rings (SSSR count). The van der Waals surface area contributed by atoms with E-state index in [9.17, 15) is 10.2 Å². The summed E-state index contributed by atoms with van der Waals surface area (Å²) >= 11 is 0. The van der Waals surface area contributed by atoms with Gasteiger partial charge in [-0.2, -0.15) is 0 Å². The molecule has 0 saturated heterocycles. The zero-order valence-corrected chi connectivity index (χ0v) is 14.3. The molecule has 128 valence electrons. The van der Waals surface area contributed by atoms with Gasteiger partial charge in [0, 0.05) is 11.5 Å². The van der Waals surface area contributed by atoms with Crippen molar-refractivity contribution in [3.63, 3.8) is 0 Å². The third-order valence-corrected chi connectivity index (χ3v) is 4.74. The molecule has 0 heterocycles. The highest BCUT2D eigenvalue weighted by Gasteiger charge is 2.31. The van der Waals surface area contributed by atoms with Crippen molar-refractivity contribution in [1.29, 1.82) is 0 Å². The molecule has 1 atom stereocenters. The zero-order valence-electron chi connectivity index (χ0n) is 14.3. The minimum absolute atomic E-state index is 0.0127. The van der Waals surface area contributed by atoms with E-state index < -0.39 is 5.79 Å². The summed E-state index contributed by atoms with van der Waals surface area (Å²) < 4.78 is 0. The molecule has 0 bridgehead atoms. The minimum Gasteiger partial charge on any atom is -0.359 e. The molecule has 26 heavy (non-hydrogen) atoms. The summed E-state index contributed by atoms with van der Waals surface area (Å²) in [5, 5.41) is 20.8. The van der Waals surface area contributed by atoms with Crippen LogP contribution >= 0.6 is 0 Å². The van der Waals surface area contributed by atoms with Gasteiger partial charge in [0.2, 0.25) is 5.79 Å². The molecule has 0 saturated carbocycles. The normalized spacial score (nSPS) is 18.4. The molecule has 1 aliphatic carbocycles. The maximum absolute atomic E-state index is 10.4. The summed E-state index contributed by atoms with van der Waals surface area (Å²) in [6.45, 7) is 0. The van der Waals surface area contributed by atoms with Crippen LogP contribution in [0.3, 0.4) is 0 Å². The Bertz CT molecular complexity index is 954. The summed E-state index contributed by atoms with van der Waals surface area (Å²) in [4.78, 5) is 0. The minimum atomic E-state index is -1.95. The Kier molecular flexibility index (Phi) is 4.29. The van der Waals surface area contributed by atoms with E-state index >= 15 is 0 Å². The van der Waals surface area contributed by atoms with Crippen LogP contribution in [-0.4, -0.2) is 16.0 Å². The lowest BCUT2D eigenvalue weighted by Gasteiger charge is -2.28. The molecule has 0 aromatic heterocycles. The zero-order chi connectivity index (χ0) is 18.0. The predicted molar refractivity (Wildman–Crippen MR) is 105 cm³/mol. The third kappa shape index (κ3) is 3.25. The molecule has 0 aliphatic heterocycles. The fraction of sp³-hybridized carbons (Fsp3) is 0.0833. The molecule has 2 N–H and O–H groups in total. The first-order valence-electron chi connectivity index (χ1n) is 8.71. The third-order valence-electron chi connectivity index (χ3n) is 4.74. The molecule has 0 fully saturated rings. The molecule has 0 radical (unpaired) electrons. The number of aliphatic hydroxyl groups is 2. The highest BCUT2D eigenvalue weighted by Crippen LogP contribution is 2.36. The van der Waals surface area contributed by atoms with Crippen molar-refractivity contribution in [2.45, 2.75) is 11.7 Å². The molecule has 0 spiro atoms. The van der Waals surface area contributed by atoms with E-state index in [1.165, 1.54) is 11.6 Å². The summed E-state index contributed by atoms with van der Waals surface area (Å²) in [5.74, 6) is -1.96. The molecule has 2 heteroatoms. The van der Waals surface area contributed by atoms with Crippen LogP contribution in [0.15, 0.2) is 103 Å². The van der Waals surface area contributed by atoms with Crippen molar-refractivity contribution in [1.82, 2.24) is 0 Å². The summed E-state index contributed by atoms with van der Waals surface area (Å²) in [5.41, 5.74) is 4.75. The van der Waals surface area contributed by atoms with Crippen molar-refractivity contribution < 1.29 is 10.2 Å². The van der Waals surface area contributed by atoms with Crippen molar-refractivity contribution in [3.05, 3.63) is 114 Å². The number of allylic oxidation sites excluding steroid dienone is 2. The fourth-order valence-corrected chi connectivity index (χ4v) is 3.38. The van der Waals surface area contributed by atoms with Gasteiger partial charge in [0.1, 0.15) is 0 Å². The van der Waals surface area contributed by atoms with Gasteiger partial charge in [0.25, 0.3) is 0 Å². The van der Waals surface area contributed by atoms with Crippen LogP contribution in [0.4, 0.5) is 0 Å². The molecule has 2 nitrogen and oxygen atoms in total. The van der Waals surface area contributed by atoms with Gasteiger partial charge < -0.3 is 10.2 Å². The molecular formula is C24H20O2. The second-order valence-corrected chi connectivity index (χ2v) is 6.55. The van der Waals surface area contributed by atoms with Gasteiger partial charge >= 0.3 is 0 Å². The van der Waals surface area contributed by atoms with Crippen LogP contribution in [-0.2, 0) is 0 Å². The van der Waals surface area contributed by atoms with Gasteiger partial charge in [0.15, 0.2) is 0 Å². The summed E-state index contributed by atoms with van der Waals surface area (Å²) in [6, 6.07) is 28.1. The largest absolute Gasteiger partial charge is 0.359 e. The molecule has 0 amide bonds. The monoisotopic (exact) mass is 340 g/mol. The quantitative estimate of drug-likeness (QED) is 0.532. The van der Waals surface area contributed by atoms with Crippen LogP contribution < -0.4 is 0 Å². The first-order valence-corrected chi connectivity index (χ1v) is 8.71. The highest BCUT2D eigenvalue weighted by atomic mass is 16.5. The lowest BCUT2D eigenvalue weighted by atomic mass is 9.84. The average Bonchev–Trinajstić information content (AvgIpc) is 2.69. The second kappa shape index (κ2) is 6.75. The number of hydrogen-bond donors (Lipinski definition) is 2. The predicted octanol–water partition coefficient (Wildman–Crippen LogP) is 4.77. The van der Waals surface area contributed by atoms with Crippen LogP contribution in [0.5, 0.6) is 0 Å². The maximum atomic E-state index is 10.4. The van der Waals surface area contributed by atoms with Crippen LogP contribution in [0.1, 0.15) is 17.0 Å². The van der Waals surface area contributed by atoms with E-state index in [1.807, 2.05) is 66.7 Å². The van der Waals surface area contributed by atoms with Crippen molar-refractivity contribution in [3.8, 4) is 11.1 Å². The summed E-state index contributed by atoms with van der Waals surface area (Å²) in [6.07, 6.45) is 5.24. The van der Waals surface area contributed by atoms with Gasteiger partial charge in [-0.1, -0.05) is 97.1 Å². The van der Waals surface area contributed by atoms with Gasteiger partial charge in [-0.15, -0.1) is 0 Å². The lowest BCUT2D eigenvalue weighted by molar-refractivity contribution is -0.0657. The Balaban J connectivity index is 1.73. The van der Waals surface area contributed by atoms with Crippen LogP contribution in [0.2, 0.25) is 0 Å². The second-order valence-electron chi connectivity index (χ2n) is 6.55.